The number of fused-ring (bicyclic) bond motifs is 3. The first-order valence-corrected chi connectivity index (χ1v) is 12.8. The highest BCUT2D eigenvalue weighted by molar-refractivity contribution is 7.78. The van der Waals surface area contributed by atoms with Gasteiger partial charge in [0, 0.05) is 16.8 Å². The van der Waals surface area contributed by atoms with E-state index < -0.39 is 7.14 Å². The average Bonchev–Trinajstić information content (AvgIpc) is 3.15. The predicted molar refractivity (Wildman–Crippen MR) is 132 cm³/mol. The molecular formula is C29H27OP. The fourth-order valence-electron chi connectivity index (χ4n) is 5.15. The first-order valence-electron chi connectivity index (χ1n) is 10.9. The molecule has 0 aliphatic heterocycles. The van der Waals surface area contributed by atoms with Crippen molar-refractivity contribution in [3.63, 3.8) is 0 Å². The molecule has 2 heteroatoms. The molecule has 154 valence electrons. The van der Waals surface area contributed by atoms with Crippen LogP contribution in [0.4, 0.5) is 0 Å². The van der Waals surface area contributed by atoms with Crippen molar-refractivity contribution in [1.29, 1.82) is 0 Å². The zero-order valence-corrected chi connectivity index (χ0v) is 19.2. The molecule has 4 aromatic rings. The second-order valence-corrected chi connectivity index (χ2v) is 11.5. The summed E-state index contributed by atoms with van der Waals surface area (Å²) in [7, 11) is -2.88. The summed E-state index contributed by atoms with van der Waals surface area (Å²) >= 11 is 0. The molecule has 0 saturated carbocycles. The van der Waals surface area contributed by atoms with Crippen LogP contribution >= 0.6 is 7.14 Å². The van der Waals surface area contributed by atoms with Crippen LogP contribution in [0.1, 0.15) is 33.4 Å². The summed E-state index contributed by atoms with van der Waals surface area (Å²) < 4.78 is 15.1. The van der Waals surface area contributed by atoms with Gasteiger partial charge < -0.3 is 4.57 Å². The quantitative estimate of drug-likeness (QED) is 0.295. The molecule has 0 saturated heterocycles. The van der Waals surface area contributed by atoms with E-state index in [-0.39, 0.29) is 0 Å². The third kappa shape index (κ3) is 3.38. The highest BCUT2D eigenvalue weighted by Gasteiger charge is 2.34. The van der Waals surface area contributed by atoms with Crippen LogP contribution in [-0.4, -0.2) is 0 Å². The van der Waals surface area contributed by atoms with E-state index in [1.165, 1.54) is 44.5 Å². The third-order valence-electron chi connectivity index (χ3n) is 6.61. The lowest BCUT2D eigenvalue weighted by molar-refractivity contribution is 0.586. The van der Waals surface area contributed by atoms with Crippen molar-refractivity contribution in [2.24, 2.45) is 0 Å². The molecule has 0 spiro atoms. The Labute approximate surface area is 185 Å². The molecule has 0 N–H and O–H groups in total. The van der Waals surface area contributed by atoms with Crippen LogP contribution in [0.25, 0.3) is 11.1 Å². The topological polar surface area (TPSA) is 17.1 Å². The molecule has 0 radical (unpaired) electrons. The van der Waals surface area contributed by atoms with Crippen molar-refractivity contribution >= 4 is 17.8 Å². The van der Waals surface area contributed by atoms with E-state index in [0.29, 0.717) is 6.16 Å². The fraction of sp³-hybridized carbons (Fsp3) is 0.172. The van der Waals surface area contributed by atoms with Crippen LogP contribution in [0.3, 0.4) is 0 Å². The Balaban J connectivity index is 1.73. The fourth-order valence-corrected chi connectivity index (χ4v) is 8.34. The minimum Gasteiger partial charge on any atom is -0.313 e. The molecule has 5 rings (SSSR count). The lowest BCUT2D eigenvalue weighted by Crippen LogP contribution is -2.21. The van der Waals surface area contributed by atoms with Crippen molar-refractivity contribution in [2.45, 2.75) is 33.4 Å². The van der Waals surface area contributed by atoms with Gasteiger partial charge in [-0.15, -0.1) is 0 Å². The first-order chi connectivity index (χ1) is 15.0. The minimum absolute atomic E-state index is 0.557. The lowest BCUT2D eigenvalue weighted by Gasteiger charge is -2.24. The van der Waals surface area contributed by atoms with Crippen molar-refractivity contribution in [3.8, 4) is 11.1 Å². The summed E-state index contributed by atoms with van der Waals surface area (Å²) in [5.41, 5.74) is 10.00. The number of aryl methyl sites for hydroxylation is 3. The van der Waals surface area contributed by atoms with E-state index >= 15 is 4.57 Å². The molecule has 0 heterocycles. The van der Waals surface area contributed by atoms with Crippen molar-refractivity contribution < 1.29 is 4.57 Å². The molecule has 1 atom stereocenters. The SMILES string of the molecule is Cc1cc(C)c(CP(=O)(c2ccccc2)c2cccc3c2Cc2ccccc2-3)c(C)c1. The Morgan fingerprint density at radius 3 is 2.13 bits per heavy atom. The zero-order valence-electron chi connectivity index (χ0n) is 18.4. The van der Waals surface area contributed by atoms with Gasteiger partial charge in [0.1, 0.15) is 7.14 Å². The predicted octanol–water partition coefficient (Wildman–Crippen LogP) is 6.70. The molecule has 4 aromatic carbocycles. The molecule has 31 heavy (non-hydrogen) atoms. The molecule has 1 nitrogen and oxygen atoms in total. The van der Waals surface area contributed by atoms with Crippen LogP contribution in [0.2, 0.25) is 0 Å². The summed E-state index contributed by atoms with van der Waals surface area (Å²) in [5.74, 6) is 0. The van der Waals surface area contributed by atoms with E-state index in [1.807, 2.05) is 30.3 Å². The van der Waals surface area contributed by atoms with Gasteiger partial charge in [0.15, 0.2) is 0 Å². The van der Waals surface area contributed by atoms with Crippen LogP contribution in [0, 0.1) is 20.8 Å². The van der Waals surface area contributed by atoms with E-state index in [1.54, 1.807) is 0 Å². The van der Waals surface area contributed by atoms with Gasteiger partial charge in [-0.1, -0.05) is 90.5 Å². The Morgan fingerprint density at radius 1 is 0.742 bits per heavy atom. The van der Waals surface area contributed by atoms with Crippen molar-refractivity contribution in [1.82, 2.24) is 0 Å². The number of hydrogen-bond donors (Lipinski definition) is 0. The van der Waals surface area contributed by atoms with E-state index in [9.17, 15) is 0 Å². The largest absolute Gasteiger partial charge is 0.313 e. The maximum atomic E-state index is 15.1. The Kier molecular flexibility index (Phi) is 4.95. The van der Waals surface area contributed by atoms with Gasteiger partial charge in [-0.25, -0.2) is 0 Å². The second-order valence-electron chi connectivity index (χ2n) is 8.75. The molecule has 0 bridgehead atoms. The van der Waals surface area contributed by atoms with Gasteiger partial charge in [-0.3, -0.25) is 0 Å². The van der Waals surface area contributed by atoms with Crippen LogP contribution in [0.15, 0.2) is 84.9 Å². The third-order valence-corrected chi connectivity index (χ3v) is 9.70. The lowest BCUT2D eigenvalue weighted by atomic mass is 10.0. The Hall–Kier alpha value is -2.89. The number of hydrogen-bond acceptors (Lipinski definition) is 1. The average molecular weight is 423 g/mol. The van der Waals surface area contributed by atoms with Gasteiger partial charge in [-0.05, 0) is 66.1 Å². The van der Waals surface area contributed by atoms with Gasteiger partial charge in [0.2, 0.25) is 0 Å². The van der Waals surface area contributed by atoms with Crippen molar-refractivity contribution in [3.05, 3.63) is 118 Å². The summed E-state index contributed by atoms with van der Waals surface area (Å²) in [4.78, 5) is 0. The van der Waals surface area contributed by atoms with Crippen LogP contribution in [-0.2, 0) is 17.1 Å². The molecule has 1 aliphatic carbocycles. The molecule has 1 aliphatic rings. The molecule has 1 unspecified atom stereocenters. The summed E-state index contributed by atoms with van der Waals surface area (Å²) in [6.45, 7) is 6.42. The highest BCUT2D eigenvalue weighted by atomic mass is 31.2. The van der Waals surface area contributed by atoms with Gasteiger partial charge in [0.25, 0.3) is 0 Å². The summed E-state index contributed by atoms with van der Waals surface area (Å²) in [5, 5.41) is 1.96. The molecule has 0 aromatic heterocycles. The Morgan fingerprint density at radius 2 is 1.39 bits per heavy atom. The zero-order chi connectivity index (χ0) is 21.6. The van der Waals surface area contributed by atoms with Crippen molar-refractivity contribution in [2.75, 3.05) is 0 Å². The maximum absolute atomic E-state index is 15.1. The minimum atomic E-state index is -2.88. The van der Waals surface area contributed by atoms with Gasteiger partial charge in [-0.2, -0.15) is 0 Å². The summed E-state index contributed by atoms with van der Waals surface area (Å²) in [6, 6.07) is 29.5. The number of benzene rings is 4. The number of rotatable bonds is 4. The van der Waals surface area contributed by atoms with E-state index in [2.05, 4.69) is 75.4 Å². The summed E-state index contributed by atoms with van der Waals surface area (Å²) in [6.07, 6.45) is 1.41. The Bertz CT molecular complexity index is 1310. The molecule has 0 amide bonds. The maximum Gasteiger partial charge on any atom is 0.147 e. The molecular weight excluding hydrogens is 395 g/mol. The standard InChI is InChI=1S/C29H27OP/c1-20-16-21(2)28(22(3)17-20)19-31(30,24-11-5-4-6-12-24)29-15-9-14-26-25-13-8-7-10-23(25)18-27(26)29/h4-17H,18-19H2,1-3H3. The normalized spacial score (nSPS) is 14.0. The van der Waals surface area contributed by atoms with Gasteiger partial charge >= 0.3 is 0 Å². The molecule has 0 fully saturated rings. The van der Waals surface area contributed by atoms with E-state index in [0.717, 1.165) is 17.0 Å². The second kappa shape index (κ2) is 7.66. The highest BCUT2D eigenvalue weighted by Crippen LogP contribution is 2.51. The smallest absolute Gasteiger partial charge is 0.147 e. The van der Waals surface area contributed by atoms with Crippen LogP contribution in [0.5, 0.6) is 0 Å². The van der Waals surface area contributed by atoms with E-state index in [4.69, 9.17) is 0 Å². The monoisotopic (exact) mass is 422 g/mol. The first kappa shape index (κ1) is 20.0. The van der Waals surface area contributed by atoms with Crippen LogP contribution < -0.4 is 10.6 Å². The van der Waals surface area contributed by atoms with Gasteiger partial charge in [0.05, 0.1) is 0 Å².